The summed E-state index contributed by atoms with van der Waals surface area (Å²) in [6, 6.07) is 24.0. The molecule has 0 bridgehead atoms. The fraction of sp³-hybridized carbons (Fsp3) is 0.372. The number of hydrogen-bond donors (Lipinski definition) is 4. The first-order chi connectivity index (χ1) is 26.9. The van der Waals surface area contributed by atoms with Crippen LogP contribution >= 0.6 is 11.8 Å². The van der Waals surface area contributed by atoms with E-state index in [1.807, 2.05) is 18.5 Å². The van der Waals surface area contributed by atoms with Crippen molar-refractivity contribution in [1.82, 2.24) is 20.1 Å². The summed E-state index contributed by atoms with van der Waals surface area (Å²) in [7, 11) is 0. The van der Waals surface area contributed by atoms with Crippen molar-refractivity contribution in [1.29, 1.82) is 0 Å². The summed E-state index contributed by atoms with van der Waals surface area (Å²) in [6.07, 6.45) is 9.09. The molecule has 2 fully saturated rings. The molecule has 55 heavy (non-hydrogen) atoms. The van der Waals surface area contributed by atoms with E-state index in [1.165, 1.54) is 16.7 Å². The van der Waals surface area contributed by atoms with Crippen molar-refractivity contribution in [2.45, 2.75) is 74.5 Å². The van der Waals surface area contributed by atoms with Crippen LogP contribution in [0.2, 0.25) is 0 Å². The topological polar surface area (TPSA) is 144 Å². The number of benzene rings is 3. The van der Waals surface area contributed by atoms with Crippen LogP contribution in [0.15, 0.2) is 90.1 Å². The van der Waals surface area contributed by atoms with Crippen molar-refractivity contribution in [3.8, 4) is 11.1 Å². The second-order valence-electron chi connectivity index (χ2n) is 14.9. The van der Waals surface area contributed by atoms with Crippen molar-refractivity contribution in [3.63, 3.8) is 0 Å². The summed E-state index contributed by atoms with van der Waals surface area (Å²) in [5, 5.41) is 19.7. The lowest BCUT2D eigenvalue weighted by Gasteiger charge is -2.39. The number of carbonyl (C=O) groups is 4. The van der Waals surface area contributed by atoms with Gasteiger partial charge in [0.05, 0.1) is 23.8 Å². The van der Waals surface area contributed by atoms with Gasteiger partial charge in [-0.05, 0) is 109 Å². The number of imide groups is 2. The Kier molecular flexibility index (Phi) is 11.0. The molecule has 1 unspecified atom stereocenters. The molecule has 5 heterocycles. The van der Waals surface area contributed by atoms with E-state index in [2.05, 4.69) is 80.4 Å². The summed E-state index contributed by atoms with van der Waals surface area (Å²) in [6.45, 7) is 2.82. The van der Waals surface area contributed by atoms with Crippen LogP contribution in [0.4, 0.5) is 11.4 Å². The van der Waals surface area contributed by atoms with Gasteiger partial charge in [0.1, 0.15) is 6.04 Å². The lowest BCUT2D eigenvalue weighted by molar-refractivity contribution is -0.136. The summed E-state index contributed by atoms with van der Waals surface area (Å²) < 4.78 is 0. The number of carbonyl (C=O) groups excluding carboxylic acids is 4. The molecule has 4 aliphatic heterocycles. The number of rotatable bonds is 14. The molecule has 1 aromatic heterocycles. The monoisotopic (exact) mass is 758 g/mol. The van der Waals surface area contributed by atoms with Crippen LogP contribution in [-0.2, 0) is 16.1 Å². The van der Waals surface area contributed by atoms with Gasteiger partial charge >= 0.3 is 0 Å². The molecule has 4 amide bonds. The number of aromatic nitrogens is 1. The molecule has 12 heteroatoms. The van der Waals surface area contributed by atoms with E-state index in [-0.39, 0.29) is 37.4 Å². The Labute approximate surface area is 325 Å². The van der Waals surface area contributed by atoms with Gasteiger partial charge in [-0.3, -0.25) is 39.3 Å². The third kappa shape index (κ3) is 7.63. The Morgan fingerprint density at radius 2 is 1.69 bits per heavy atom. The van der Waals surface area contributed by atoms with Crippen LogP contribution in [0.25, 0.3) is 11.1 Å². The molecule has 3 aromatic carbocycles. The van der Waals surface area contributed by atoms with Crippen molar-refractivity contribution < 1.29 is 24.3 Å². The van der Waals surface area contributed by atoms with E-state index in [0.29, 0.717) is 17.0 Å². The number of nitrogens with zero attached hydrogens (tertiary/aromatic N) is 3. The highest BCUT2D eigenvalue weighted by Crippen LogP contribution is 2.48. The minimum Gasteiger partial charge on any atom is -0.394 e. The minimum absolute atomic E-state index is 0.0409. The maximum atomic E-state index is 13.4. The summed E-state index contributed by atoms with van der Waals surface area (Å²) in [5.41, 5.74) is 7.76. The quantitative estimate of drug-likeness (QED) is 0.0661. The van der Waals surface area contributed by atoms with Crippen LogP contribution in [0, 0.1) is 5.92 Å². The van der Waals surface area contributed by atoms with E-state index in [0.717, 1.165) is 84.2 Å². The predicted octanol–water partition coefficient (Wildman–Crippen LogP) is 6.26. The average molecular weight is 759 g/mol. The van der Waals surface area contributed by atoms with Crippen LogP contribution in [0.5, 0.6) is 0 Å². The molecular formula is C43H46N6O5S. The maximum Gasteiger partial charge on any atom is 0.263 e. The number of amides is 4. The first-order valence-corrected chi connectivity index (χ1v) is 20.3. The number of aliphatic hydroxyl groups is 1. The van der Waals surface area contributed by atoms with Gasteiger partial charge < -0.3 is 15.7 Å². The molecule has 0 aliphatic carbocycles. The van der Waals surface area contributed by atoms with Gasteiger partial charge in [0.15, 0.2) is 0 Å². The lowest BCUT2D eigenvalue weighted by Crippen LogP contribution is -2.54. The maximum absolute atomic E-state index is 13.4. The van der Waals surface area contributed by atoms with Gasteiger partial charge in [0.25, 0.3) is 11.8 Å². The minimum atomic E-state index is -0.962. The predicted molar refractivity (Wildman–Crippen MR) is 213 cm³/mol. The fourth-order valence-electron chi connectivity index (χ4n) is 8.65. The first kappa shape index (κ1) is 36.9. The van der Waals surface area contributed by atoms with Gasteiger partial charge in [0, 0.05) is 60.1 Å². The van der Waals surface area contributed by atoms with Crippen molar-refractivity contribution >= 4 is 46.8 Å². The van der Waals surface area contributed by atoms with Gasteiger partial charge in [-0.2, -0.15) is 0 Å². The SMILES string of the molecule is O=C1CCC(N2C(=O)c3cccc(SCCCCCCNc4cccc(-c5ccc6c(c5)[C@H]5[C@H](CCN5Cc5ccncc5)[C@@H](CO)N6)c4)c3C2=O)C(=O)N1. The second-order valence-corrected chi connectivity index (χ2v) is 16.0. The van der Waals surface area contributed by atoms with Crippen LogP contribution < -0.4 is 16.0 Å². The molecular weight excluding hydrogens is 713 g/mol. The average Bonchev–Trinajstić information content (AvgIpc) is 3.74. The van der Waals surface area contributed by atoms with Crippen LogP contribution in [0.1, 0.15) is 82.8 Å². The zero-order valence-corrected chi connectivity index (χ0v) is 31.5. The van der Waals surface area contributed by atoms with Gasteiger partial charge in [0.2, 0.25) is 11.8 Å². The Balaban J connectivity index is 0.826. The van der Waals surface area contributed by atoms with E-state index >= 15 is 0 Å². The van der Waals surface area contributed by atoms with E-state index < -0.39 is 23.8 Å². The van der Waals surface area contributed by atoms with Gasteiger partial charge in [-0.15, -0.1) is 11.8 Å². The summed E-state index contributed by atoms with van der Waals surface area (Å²) in [5.74, 6) is -0.764. The molecule has 4 aliphatic rings. The highest BCUT2D eigenvalue weighted by atomic mass is 32.2. The number of piperidine rings is 1. The smallest absolute Gasteiger partial charge is 0.263 e. The molecule has 4 aromatic rings. The molecule has 8 rings (SSSR count). The number of thioether (sulfide) groups is 1. The third-order valence-electron chi connectivity index (χ3n) is 11.4. The van der Waals surface area contributed by atoms with Crippen molar-refractivity contribution in [2.75, 3.05) is 36.1 Å². The normalized spacial score (nSPS) is 21.9. The van der Waals surface area contributed by atoms with Crippen LogP contribution in [0.3, 0.4) is 0 Å². The molecule has 0 radical (unpaired) electrons. The van der Waals surface area contributed by atoms with E-state index in [4.69, 9.17) is 0 Å². The molecule has 2 saturated heterocycles. The zero-order valence-electron chi connectivity index (χ0n) is 30.7. The largest absolute Gasteiger partial charge is 0.394 e. The molecule has 0 saturated carbocycles. The number of hydrogen-bond acceptors (Lipinski definition) is 10. The first-order valence-electron chi connectivity index (χ1n) is 19.4. The van der Waals surface area contributed by atoms with Crippen LogP contribution in [-0.4, -0.2) is 81.1 Å². The van der Waals surface area contributed by atoms with Crippen molar-refractivity contribution in [3.05, 3.63) is 107 Å². The Morgan fingerprint density at radius 1 is 0.873 bits per heavy atom. The summed E-state index contributed by atoms with van der Waals surface area (Å²) >= 11 is 1.57. The number of pyridine rings is 1. The molecule has 4 atom stereocenters. The van der Waals surface area contributed by atoms with E-state index in [1.54, 1.807) is 23.9 Å². The molecule has 0 spiro atoms. The highest BCUT2D eigenvalue weighted by molar-refractivity contribution is 7.99. The Bertz CT molecular complexity index is 2100. The van der Waals surface area contributed by atoms with Crippen molar-refractivity contribution in [2.24, 2.45) is 5.92 Å². The zero-order chi connectivity index (χ0) is 37.9. The van der Waals surface area contributed by atoms with E-state index in [9.17, 15) is 24.3 Å². The second kappa shape index (κ2) is 16.4. The lowest BCUT2D eigenvalue weighted by atomic mass is 9.82. The number of anilines is 2. The van der Waals surface area contributed by atoms with Gasteiger partial charge in [-0.1, -0.05) is 37.1 Å². The van der Waals surface area contributed by atoms with Gasteiger partial charge in [-0.25, -0.2) is 0 Å². The fourth-order valence-corrected chi connectivity index (χ4v) is 9.73. The number of aliphatic hydroxyl groups excluding tert-OH is 1. The Morgan fingerprint density at radius 3 is 2.53 bits per heavy atom. The Hall–Kier alpha value is -5.04. The third-order valence-corrected chi connectivity index (χ3v) is 12.5. The molecule has 284 valence electrons. The molecule has 4 N–H and O–H groups in total. The number of nitrogens with one attached hydrogen (secondary N) is 3. The number of fused-ring (bicyclic) bond motifs is 4. The standard InChI is InChI=1S/C43H46N6O5S/c50-26-35-31-17-21-48(25-27-15-19-44-20-16-27)40(31)33-24-29(11-12-34(33)46-35)28-7-5-8-30(23-28)45-18-3-1-2-4-22-55-37-10-6-9-32-39(37)43(54)49(42(32)53)36-13-14-38(51)47-41(36)52/h5-12,15-16,19-20,23-24,31,35-36,40,45-46,50H,1-4,13-14,17-18,21-22,25-26H2,(H,47,51,52)/t31-,35-,36?,40-/m1/s1. The number of unbranched alkanes of at least 4 members (excludes halogenated alkanes) is 3. The summed E-state index contributed by atoms with van der Waals surface area (Å²) in [4.78, 5) is 59.1. The molecule has 11 nitrogen and oxygen atoms in total. The highest BCUT2D eigenvalue weighted by Gasteiger charge is 2.46. The number of likely N-dealkylation sites (tertiary alicyclic amines) is 1.